The zero-order valence-corrected chi connectivity index (χ0v) is 14.6. The SMILES string of the molecule is CC(=O)c1ccc(NC(=O)c2ccc(=O)n(Cc3ccc(F)cc3)c2)cc1. The number of ketones is 1. The molecule has 6 heteroatoms. The van der Waals surface area contributed by atoms with E-state index in [0.717, 1.165) is 5.56 Å². The van der Waals surface area contributed by atoms with Crippen LogP contribution in [0.4, 0.5) is 10.1 Å². The van der Waals surface area contributed by atoms with Crippen LogP contribution in [0.2, 0.25) is 0 Å². The van der Waals surface area contributed by atoms with E-state index in [2.05, 4.69) is 5.32 Å². The van der Waals surface area contributed by atoms with Crippen molar-refractivity contribution in [1.82, 2.24) is 4.57 Å². The fourth-order valence-corrected chi connectivity index (χ4v) is 2.57. The predicted molar refractivity (Wildman–Crippen MR) is 101 cm³/mol. The molecule has 0 aliphatic rings. The van der Waals surface area contributed by atoms with Gasteiger partial charge in [0, 0.05) is 23.5 Å². The van der Waals surface area contributed by atoms with E-state index in [0.29, 0.717) is 16.8 Å². The molecule has 0 saturated carbocycles. The molecule has 2 aromatic carbocycles. The molecule has 3 aromatic rings. The van der Waals surface area contributed by atoms with Crippen molar-refractivity contribution in [2.24, 2.45) is 0 Å². The zero-order chi connectivity index (χ0) is 19.4. The molecule has 136 valence electrons. The molecule has 0 aliphatic heterocycles. The van der Waals surface area contributed by atoms with Crippen LogP contribution >= 0.6 is 0 Å². The lowest BCUT2D eigenvalue weighted by Crippen LogP contribution is -2.22. The summed E-state index contributed by atoms with van der Waals surface area (Å²) in [5.41, 5.74) is 1.90. The maximum atomic E-state index is 13.0. The van der Waals surface area contributed by atoms with Gasteiger partial charge in [0.1, 0.15) is 5.82 Å². The van der Waals surface area contributed by atoms with Crippen LogP contribution in [0, 0.1) is 5.82 Å². The van der Waals surface area contributed by atoms with Gasteiger partial charge >= 0.3 is 0 Å². The fraction of sp³-hybridized carbons (Fsp3) is 0.0952. The Morgan fingerprint density at radius 2 is 1.56 bits per heavy atom. The number of carbonyl (C=O) groups excluding carboxylic acids is 2. The van der Waals surface area contributed by atoms with Crippen LogP contribution in [0.25, 0.3) is 0 Å². The van der Waals surface area contributed by atoms with Gasteiger partial charge < -0.3 is 9.88 Å². The molecule has 0 fully saturated rings. The van der Waals surface area contributed by atoms with E-state index in [4.69, 9.17) is 0 Å². The molecule has 0 bridgehead atoms. The number of aromatic nitrogens is 1. The summed E-state index contributed by atoms with van der Waals surface area (Å²) in [6.07, 6.45) is 1.46. The third-order valence-corrected chi connectivity index (χ3v) is 4.06. The monoisotopic (exact) mass is 364 g/mol. The van der Waals surface area contributed by atoms with Crippen LogP contribution < -0.4 is 10.9 Å². The Morgan fingerprint density at radius 3 is 2.19 bits per heavy atom. The largest absolute Gasteiger partial charge is 0.322 e. The molecule has 0 spiro atoms. The van der Waals surface area contributed by atoms with Gasteiger partial charge in [-0.05, 0) is 55.0 Å². The lowest BCUT2D eigenvalue weighted by Gasteiger charge is -2.09. The second kappa shape index (κ2) is 7.78. The summed E-state index contributed by atoms with van der Waals surface area (Å²) in [5, 5.41) is 2.73. The second-order valence-corrected chi connectivity index (χ2v) is 6.10. The molecule has 0 aliphatic carbocycles. The van der Waals surface area contributed by atoms with Gasteiger partial charge in [0.05, 0.1) is 12.1 Å². The van der Waals surface area contributed by atoms with Crippen molar-refractivity contribution in [3.8, 4) is 0 Å². The Balaban J connectivity index is 1.78. The standard InChI is InChI=1S/C21H17FN2O3/c1-14(25)16-4-9-19(10-5-16)23-21(27)17-6-11-20(26)24(13-17)12-15-2-7-18(22)8-3-15/h2-11,13H,12H2,1H3,(H,23,27). The molecule has 0 atom stereocenters. The summed E-state index contributed by atoms with van der Waals surface area (Å²) < 4.78 is 14.4. The van der Waals surface area contributed by atoms with E-state index < -0.39 is 0 Å². The first-order valence-electron chi connectivity index (χ1n) is 8.30. The van der Waals surface area contributed by atoms with Crippen LogP contribution in [0.15, 0.2) is 71.7 Å². The highest BCUT2D eigenvalue weighted by Crippen LogP contribution is 2.12. The number of nitrogens with zero attached hydrogens (tertiary/aromatic N) is 1. The summed E-state index contributed by atoms with van der Waals surface area (Å²) in [4.78, 5) is 35.8. The normalized spacial score (nSPS) is 10.4. The quantitative estimate of drug-likeness (QED) is 0.705. The van der Waals surface area contributed by atoms with Gasteiger partial charge in [-0.3, -0.25) is 14.4 Å². The van der Waals surface area contributed by atoms with E-state index in [1.165, 1.54) is 42.0 Å². The highest BCUT2D eigenvalue weighted by Gasteiger charge is 2.09. The van der Waals surface area contributed by atoms with Crippen molar-refractivity contribution in [2.45, 2.75) is 13.5 Å². The van der Waals surface area contributed by atoms with Crippen LogP contribution in [-0.4, -0.2) is 16.3 Å². The third-order valence-electron chi connectivity index (χ3n) is 4.06. The number of hydrogen-bond donors (Lipinski definition) is 1. The predicted octanol–water partition coefficient (Wildman–Crippen LogP) is 3.49. The number of pyridine rings is 1. The second-order valence-electron chi connectivity index (χ2n) is 6.10. The van der Waals surface area contributed by atoms with E-state index in [9.17, 15) is 18.8 Å². The number of carbonyl (C=O) groups is 2. The van der Waals surface area contributed by atoms with Gasteiger partial charge in [-0.1, -0.05) is 12.1 Å². The topological polar surface area (TPSA) is 68.2 Å². The molecular formula is C21H17FN2O3. The molecule has 1 amide bonds. The first-order valence-corrected chi connectivity index (χ1v) is 8.30. The third kappa shape index (κ3) is 4.55. The molecule has 1 aromatic heterocycles. The minimum atomic E-state index is -0.376. The van der Waals surface area contributed by atoms with Gasteiger partial charge in [-0.15, -0.1) is 0 Å². The Bertz CT molecular complexity index is 1040. The molecular weight excluding hydrogens is 347 g/mol. The number of halogens is 1. The Labute approximate surface area is 155 Å². The summed E-state index contributed by atoms with van der Waals surface area (Å²) in [6.45, 7) is 1.70. The first kappa shape index (κ1) is 18.3. The molecule has 1 N–H and O–H groups in total. The highest BCUT2D eigenvalue weighted by atomic mass is 19.1. The molecule has 27 heavy (non-hydrogen) atoms. The van der Waals surface area contributed by atoms with Gasteiger partial charge in [0.25, 0.3) is 11.5 Å². The smallest absolute Gasteiger partial charge is 0.257 e. The van der Waals surface area contributed by atoms with Crippen LogP contribution in [-0.2, 0) is 6.54 Å². The molecule has 0 radical (unpaired) electrons. The van der Waals surface area contributed by atoms with E-state index in [1.807, 2.05) is 0 Å². The number of amides is 1. The van der Waals surface area contributed by atoms with Crippen molar-refractivity contribution < 1.29 is 14.0 Å². The van der Waals surface area contributed by atoms with Crippen LogP contribution in [0.1, 0.15) is 33.2 Å². The van der Waals surface area contributed by atoms with Crippen molar-refractivity contribution >= 4 is 17.4 Å². The lowest BCUT2D eigenvalue weighted by atomic mass is 10.1. The lowest BCUT2D eigenvalue weighted by molar-refractivity contribution is 0.101. The summed E-state index contributed by atoms with van der Waals surface area (Å²) in [7, 11) is 0. The zero-order valence-electron chi connectivity index (χ0n) is 14.6. The minimum absolute atomic E-state index is 0.0549. The Kier molecular flexibility index (Phi) is 5.26. The maximum Gasteiger partial charge on any atom is 0.257 e. The van der Waals surface area contributed by atoms with Crippen molar-refractivity contribution in [3.63, 3.8) is 0 Å². The van der Waals surface area contributed by atoms with Gasteiger partial charge in [-0.25, -0.2) is 4.39 Å². The van der Waals surface area contributed by atoms with Crippen molar-refractivity contribution in [2.75, 3.05) is 5.32 Å². The van der Waals surface area contributed by atoms with E-state index in [1.54, 1.807) is 36.4 Å². The van der Waals surface area contributed by atoms with Crippen molar-refractivity contribution in [3.05, 3.63) is 99.7 Å². The molecule has 3 rings (SSSR count). The van der Waals surface area contributed by atoms with Gasteiger partial charge in [0.15, 0.2) is 5.78 Å². The summed E-state index contributed by atoms with van der Waals surface area (Å²) in [5.74, 6) is -0.783. The Hall–Kier alpha value is -3.54. The number of Topliss-reactive ketones (excluding diaryl/α,β-unsaturated/α-hetero) is 1. The van der Waals surface area contributed by atoms with Gasteiger partial charge in [-0.2, -0.15) is 0 Å². The molecule has 5 nitrogen and oxygen atoms in total. The molecule has 0 saturated heterocycles. The average molecular weight is 364 g/mol. The van der Waals surface area contributed by atoms with Crippen LogP contribution in [0.3, 0.4) is 0 Å². The number of anilines is 1. The fourth-order valence-electron chi connectivity index (χ4n) is 2.57. The van der Waals surface area contributed by atoms with Crippen molar-refractivity contribution in [1.29, 1.82) is 0 Å². The number of rotatable bonds is 5. The van der Waals surface area contributed by atoms with Gasteiger partial charge in [0.2, 0.25) is 0 Å². The van der Waals surface area contributed by atoms with Crippen LogP contribution in [0.5, 0.6) is 0 Å². The Morgan fingerprint density at radius 1 is 0.926 bits per heavy atom. The number of hydrogen-bond acceptors (Lipinski definition) is 3. The minimum Gasteiger partial charge on any atom is -0.322 e. The van der Waals surface area contributed by atoms with E-state index >= 15 is 0 Å². The maximum absolute atomic E-state index is 13.0. The summed E-state index contributed by atoms with van der Waals surface area (Å²) >= 11 is 0. The molecule has 0 unspecified atom stereocenters. The first-order chi connectivity index (χ1) is 12.9. The van der Waals surface area contributed by atoms with E-state index in [-0.39, 0.29) is 29.6 Å². The number of benzene rings is 2. The summed E-state index contributed by atoms with van der Waals surface area (Å²) in [6, 6.07) is 15.1. The molecule has 1 heterocycles. The average Bonchev–Trinajstić information content (AvgIpc) is 2.65. The number of nitrogens with one attached hydrogen (secondary N) is 1. The highest BCUT2D eigenvalue weighted by molar-refractivity contribution is 6.04.